The normalized spacial score (nSPS) is 23.1. The molecule has 0 aromatic heterocycles. The zero-order valence-electron chi connectivity index (χ0n) is 8.37. The Balaban J connectivity index is 2.58. The first kappa shape index (κ1) is 11.3. The van der Waals surface area contributed by atoms with E-state index in [1.54, 1.807) is 0 Å². The molecule has 0 radical (unpaired) electrons. The van der Waals surface area contributed by atoms with Crippen LogP contribution < -0.4 is 5.32 Å². The first-order chi connectivity index (χ1) is 7.97. The molecule has 1 aliphatic rings. The lowest BCUT2D eigenvalue weighted by Gasteiger charge is -2.22. The van der Waals surface area contributed by atoms with Gasteiger partial charge >= 0.3 is 12.1 Å². The van der Waals surface area contributed by atoms with Crippen LogP contribution in [-0.4, -0.2) is 23.7 Å². The molecule has 2 N–H and O–H groups in total. The van der Waals surface area contributed by atoms with Gasteiger partial charge in [-0.15, -0.1) is 0 Å². The molecule has 1 saturated heterocycles. The molecule has 1 heterocycles. The number of halogens is 2. The SMILES string of the molecule is O=C1NCC(C(=O)O)(c2cccc(F)c2F)O1. The minimum atomic E-state index is -2.22. The van der Waals surface area contributed by atoms with E-state index in [1.165, 1.54) is 0 Å². The molecule has 1 fully saturated rings. The highest BCUT2D eigenvalue weighted by atomic mass is 19.2. The van der Waals surface area contributed by atoms with Gasteiger partial charge in [0.1, 0.15) is 0 Å². The van der Waals surface area contributed by atoms with Gasteiger partial charge in [-0.2, -0.15) is 0 Å². The predicted octanol–water partition coefficient (Wildman–Crippen LogP) is 0.985. The maximum Gasteiger partial charge on any atom is 0.408 e. The third-order valence-electron chi connectivity index (χ3n) is 2.48. The fraction of sp³-hybridized carbons (Fsp3) is 0.200. The van der Waals surface area contributed by atoms with E-state index >= 15 is 0 Å². The summed E-state index contributed by atoms with van der Waals surface area (Å²) < 4.78 is 31.1. The van der Waals surface area contributed by atoms with E-state index < -0.39 is 41.4 Å². The van der Waals surface area contributed by atoms with Crippen molar-refractivity contribution in [2.75, 3.05) is 6.54 Å². The third-order valence-corrected chi connectivity index (χ3v) is 2.48. The second-order valence-corrected chi connectivity index (χ2v) is 3.48. The molecular formula is C10H7F2NO4. The Bertz CT molecular complexity index is 505. The first-order valence-corrected chi connectivity index (χ1v) is 4.62. The van der Waals surface area contributed by atoms with Gasteiger partial charge in [0, 0.05) is 5.56 Å². The third kappa shape index (κ3) is 1.59. The number of carbonyl (C=O) groups is 2. The first-order valence-electron chi connectivity index (χ1n) is 4.62. The van der Waals surface area contributed by atoms with Crippen molar-refractivity contribution in [3.05, 3.63) is 35.4 Å². The number of benzene rings is 1. The molecule has 17 heavy (non-hydrogen) atoms. The molecule has 2 rings (SSSR count). The lowest BCUT2D eigenvalue weighted by Crippen LogP contribution is -2.40. The molecule has 1 atom stereocenters. The molecule has 1 aromatic carbocycles. The molecule has 0 saturated carbocycles. The van der Waals surface area contributed by atoms with E-state index in [2.05, 4.69) is 10.1 Å². The van der Waals surface area contributed by atoms with Gasteiger partial charge in [-0.3, -0.25) is 0 Å². The molecule has 1 aliphatic heterocycles. The van der Waals surface area contributed by atoms with Crippen molar-refractivity contribution in [2.45, 2.75) is 5.60 Å². The lowest BCUT2D eigenvalue weighted by molar-refractivity contribution is -0.156. The maximum absolute atomic E-state index is 13.5. The number of ether oxygens (including phenoxy) is 1. The highest BCUT2D eigenvalue weighted by Gasteiger charge is 2.51. The fourth-order valence-electron chi connectivity index (χ4n) is 1.63. The van der Waals surface area contributed by atoms with E-state index in [-0.39, 0.29) is 0 Å². The van der Waals surface area contributed by atoms with Gasteiger partial charge in [0.25, 0.3) is 5.60 Å². The second-order valence-electron chi connectivity index (χ2n) is 3.48. The molecule has 0 aliphatic carbocycles. The molecule has 1 aromatic rings. The highest BCUT2D eigenvalue weighted by molar-refractivity contribution is 5.86. The Morgan fingerprint density at radius 2 is 2.18 bits per heavy atom. The van der Waals surface area contributed by atoms with Gasteiger partial charge in [-0.25, -0.2) is 18.4 Å². The minimum Gasteiger partial charge on any atom is -0.478 e. The number of carbonyl (C=O) groups excluding carboxylic acids is 1. The van der Waals surface area contributed by atoms with Gasteiger partial charge in [-0.1, -0.05) is 12.1 Å². The minimum absolute atomic E-state index is 0.457. The molecule has 5 nitrogen and oxygen atoms in total. The van der Waals surface area contributed by atoms with Crippen LogP contribution in [0.3, 0.4) is 0 Å². The summed E-state index contributed by atoms with van der Waals surface area (Å²) in [6.07, 6.45) is -0.990. The molecule has 0 spiro atoms. The standard InChI is InChI=1S/C10H7F2NO4/c11-6-3-1-2-5(7(6)12)10(8(14)15)4-13-9(16)17-10/h1-3H,4H2,(H,13,16)(H,14,15). The number of hydrogen-bond acceptors (Lipinski definition) is 3. The summed E-state index contributed by atoms with van der Waals surface area (Å²) in [6.45, 7) is -0.457. The summed E-state index contributed by atoms with van der Waals surface area (Å²) in [5, 5.41) is 11.1. The van der Waals surface area contributed by atoms with Crippen LogP contribution in [-0.2, 0) is 15.1 Å². The topological polar surface area (TPSA) is 75.6 Å². The van der Waals surface area contributed by atoms with Gasteiger partial charge in [0.15, 0.2) is 11.6 Å². The van der Waals surface area contributed by atoms with Crippen molar-refractivity contribution >= 4 is 12.1 Å². The Morgan fingerprint density at radius 3 is 2.71 bits per heavy atom. The summed E-state index contributed by atoms with van der Waals surface area (Å²) in [5.41, 5.74) is -2.74. The largest absolute Gasteiger partial charge is 0.478 e. The molecule has 7 heteroatoms. The number of amides is 1. The average molecular weight is 243 g/mol. The molecule has 1 amide bonds. The predicted molar refractivity (Wildman–Crippen MR) is 50.2 cm³/mol. The number of aliphatic carboxylic acids is 1. The van der Waals surface area contributed by atoms with Crippen LogP contribution in [0.15, 0.2) is 18.2 Å². The zero-order valence-corrected chi connectivity index (χ0v) is 8.37. The van der Waals surface area contributed by atoms with Crippen molar-refractivity contribution in [2.24, 2.45) is 0 Å². The van der Waals surface area contributed by atoms with Crippen LogP contribution in [0.2, 0.25) is 0 Å². The van der Waals surface area contributed by atoms with E-state index in [0.29, 0.717) is 0 Å². The highest BCUT2D eigenvalue weighted by Crippen LogP contribution is 2.32. The van der Waals surface area contributed by atoms with Crippen molar-refractivity contribution in [1.82, 2.24) is 5.32 Å². The van der Waals surface area contributed by atoms with Crippen LogP contribution in [0.5, 0.6) is 0 Å². The van der Waals surface area contributed by atoms with Gasteiger partial charge in [0.2, 0.25) is 0 Å². The molecule has 90 valence electrons. The lowest BCUT2D eigenvalue weighted by atomic mass is 9.93. The van der Waals surface area contributed by atoms with Gasteiger partial charge in [0.05, 0.1) is 6.54 Å². The number of carboxylic acids is 1. The van der Waals surface area contributed by atoms with Gasteiger partial charge < -0.3 is 15.2 Å². The molecular weight excluding hydrogens is 236 g/mol. The fourth-order valence-corrected chi connectivity index (χ4v) is 1.63. The van der Waals surface area contributed by atoms with Crippen LogP contribution in [0, 0.1) is 11.6 Å². The Hall–Kier alpha value is -2.18. The summed E-state index contributed by atoms with van der Waals surface area (Å²) in [6, 6.07) is 3.05. The number of carboxylic acid groups (broad SMARTS) is 1. The van der Waals surface area contributed by atoms with Crippen molar-refractivity contribution in [1.29, 1.82) is 0 Å². The second kappa shape index (κ2) is 3.69. The Morgan fingerprint density at radius 1 is 1.47 bits per heavy atom. The number of hydrogen-bond donors (Lipinski definition) is 2. The summed E-state index contributed by atoms with van der Waals surface area (Å²) in [4.78, 5) is 22.0. The van der Waals surface area contributed by atoms with Crippen LogP contribution in [0.25, 0.3) is 0 Å². The molecule has 0 bridgehead atoms. The van der Waals surface area contributed by atoms with Crippen LogP contribution in [0.4, 0.5) is 13.6 Å². The summed E-state index contributed by atoms with van der Waals surface area (Å²) in [7, 11) is 0. The summed E-state index contributed by atoms with van der Waals surface area (Å²) in [5.74, 6) is -4.11. The smallest absolute Gasteiger partial charge is 0.408 e. The monoisotopic (exact) mass is 243 g/mol. The Labute approximate surface area is 94.0 Å². The zero-order chi connectivity index (χ0) is 12.6. The van der Waals surface area contributed by atoms with E-state index in [4.69, 9.17) is 5.11 Å². The van der Waals surface area contributed by atoms with E-state index in [9.17, 15) is 18.4 Å². The van der Waals surface area contributed by atoms with E-state index in [0.717, 1.165) is 18.2 Å². The number of rotatable bonds is 2. The molecule has 1 unspecified atom stereocenters. The quantitative estimate of drug-likeness (QED) is 0.812. The van der Waals surface area contributed by atoms with E-state index in [1.807, 2.05) is 0 Å². The maximum atomic E-state index is 13.5. The van der Waals surface area contributed by atoms with Crippen molar-refractivity contribution < 1.29 is 28.2 Å². The summed E-state index contributed by atoms with van der Waals surface area (Å²) >= 11 is 0. The number of nitrogens with one attached hydrogen (secondary N) is 1. The van der Waals surface area contributed by atoms with Crippen LogP contribution >= 0.6 is 0 Å². The van der Waals surface area contributed by atoms with Gasteiger partial charge in [-0.05, 0) is 6.07 Å². The number of alkyl carbamates (subject to hydrolysis) is 1. The Kier molecular flexibility index (Phi) is 2.45. The average Bonchev–Trinajstić information content (AvgIpc) is 2.66. The number of cyclic esters (lactones) is 1. The van der Waals surface area contributed by atoms with Crippen LogP contribution in [0.1, 0.15) is 5.56 Å². The van der Waals surface area contributed by atoms with Crippen molar-refractivity contribution in [3.8, 4) is 0 Å². The van der Waals surface area contributed by atoms with Crippen molar-refractivity contribution in [3.63, 3.8) is 0 Å².